The first-order chi connectivity index (χ1) is 7.33. The van der Waals surface area contributed by atoms with Crippen LogP contribution in [0.5, 0.6) is 0 Å². The highest BCUT2D eigenvalue weighted by atomic mass is 16.6. The van der Waals surface area contributed by atoms with Gasteiger partial charge in [-0.15, -0.1) is 0 Å². The molecule has 0 N–H and O–H groups in total. The number of hydrogen-bond donors (Lipinski definition) is 0. The fraction of sp³-hybridized carbons (Fsp3) is 0.833. The highest BCUT2D eigenvalue weighted by molar-refractivity contribution is 5.68. The summed E-state index contributed by atoms with van der Waals surface area (Å²) < 4.78 is 5.29. The second-order valence-corrected chi connectivity index (χ2v) is 5.49. The van der Waals surface area contributed by atoms with Gasteiger partial charge in [0, 0.05) is 19.0 Å². The van der Waals surface area contributed by atoms with Gasteiger partial charge < -0.3 is 14.4 Å². The van der Waals surface area contributed by atoms with Crippen molar-refractivity contribution in [2.75, 3.05) is 13.1 Å². The third-order valence-corrected chi connectivity index (χ3v) is 2.80. The van der Waals surface area contributed by atoms with Crippen molar-refractivity contribution in [3.63, 3.8) is 0 Å². The molecular formula is C12H21NO3. The summed E-state index contributed by atoms with van der Waals surface area (Å²) >= 11 is 0. The van der Waals surface area contributed by atoms with Crippen LogP contribution in [0.1, 0.15) is 34.1 Å². The molecule has 1 rings (SSSR count). The van der Waals surface area contributed by atoms with E-state index in [1.807, 2.05) is 27.7 Å². The maximum Gasteiger partial charge on any atom is 0.410 e. The zero-order valence-corrected chi connectivity index (χ0v) is 10.5. The van der Waals surface area contributed by atoms with Crippen molar-refractivity contribution in [1.82, 2.24) is 4.90 Å². The van der Waals surface area contributed by atoms with Crippen molar-refractivity contribution in [2.45, 2.75) is 39.7 Å². The average molecular weight is 227 g/mol. The van der Waals surface area contributed by atoms with Crippen molar-refractivity contribution in [3.05, 3.63) is 0 Å². The first-order valence-electron chi connectivity index (χ1n) is 5.76. The second-order valence-electron chi connectivity index (χ2n) is 5.49. The number of piperidine rings is 1. The van der Waals surface area contributed by atoms with E-state index >= 15 is 0 Å². The minimum Gasteiger partial charge on any atom is -0.444 e. The SMILES string of the molecule is C[C@H]1CN(C(=O)OC(C)(C)C)CC[C@H]1C=O. The summed E-state index contributed by atoms with van der Waals surface area (Å²) in [5.41, 5.74) is -0.457. The fourth-order valence-corrected chi connectivity index (χ4v) is 1.86. The molecule has 1 heterocycles. The van der Waals surface area contributed by atoms with Crippen LogP contribution in [0.2, 0.25) is 0 Å². The van der Waals surface area contributed by atoms with Gasteiger partial charge in [0.15, 0.2) is 0 Å². The Hall–Kier alpha value is -1.06. The lowest BCUT2D eigenvalue weighted by atomic mass is 9.88. The van der Waals surface area contributed by atoms with Gasteiger partial charge >= 0.3 is 6.09 Å². The van der Waals surface area contributed by atoms with Crippen molar-refractivity contribution >= 4 is 12.4 Å². The normalized spacial score (nSPS) is 26.4. The van der Waals surface area contributed by atoms with E-state index in [1.54, 1.807) is 4.90 Å². The van der Waals surface area contributed by atoms with Crippen molar-refractivity contribution in [2.24, 2.45) is 11.8 Å². The number of rotatable bonds is 1. The largest absolute Gasteiger partial charge is 0.444 e. The quantitative estimate of drug-likeness (QED) is 0.644. The Morgan fingerprint density at radius 3 is 2.50 bits per heavy atom. The number of carbonyl (C=O) groups excluding carboxylic acids is 2. The molecule has 1 amide bonds. The van der Waals surface area contributed by atoms with E-state index in [-0.39, 0.29) is 17.9 Å². The Morgan fingerprint density at radius 2 is 2.06 bits per heavy atom. The minimum absolute atomic E-state index is 0.0821. The minimum atomic E-state index is -0.457. The number of hydrogen-bond acceptors (Lipinski definition) is 3. The third-order valence-electron chi connectivity index (χ3n) is 2.80. The highest BCUT2D eigenvalue weighted by Gasteiger charge is 2.30. The van der Waals surface area contributed by atoms with Crippen LogP contribution in [-0.4, -0.2) is 36.0 Å². The molecule has 0 aromatic carbocycles. The van der Waals surface area contributed by atoms with Gasteiger partial charge in [-0.25, -0.2) is 4.79 Å². The standard InChI is InChI=1S/C12H21NO3/c1-9-7-13(6-5-10(9)8-14)11(15)16-12(2,3)4/h8-10H,5-7H2,1-4H3/t9-,10-/m0/s1. The predicted octanol–water partition coefficient (Wildman–Crippen LogP) is 2.08. The molecule has 0 radical (unpaired) electrons. The number of nitrogens with zero attached hydrogens (tertiary/aromatic N) is 1. The van der Waals surface area contributed by atoms with Gasteiger partial charge in [0.1, 0.15) is 11.9 Å². The van der Waals surface area contributed by atoms with Gasteiger partial charge in [-0.1, -0.05) is 6.92 Å². The summed E-state index contributed by atoms with van der Waals surface area (Å²) in [6, 6.07) is 0. The summed E-state index contributed by atoms with van der Waals surface area (Å²) in [4.78, 5) is 24.2. The van der Waals surface area contributed by atoms with Crippen molar-refractivity contribution < 1.29 is 14.3 Å². The molecule has 0 saturated carbocycles. The number of amides is 1. The van der Waals surface area contributed by atoms with Crippen LogP contribution in [-0.2, 0) is 9.53 Å². The second kappa shape index (κ2) is 4.85. The van der Waals surface area contributed by atoms with E-state index in [2.05, 4.69) is 0 Å². The summed E-state index contributed by atoms with van der Waals surface area (Å²) in [7, 11) is 0. The number of aldehydes is 1. The first kappa shape index (κ1) is 13.0. The van der Waals surface area contributed by atoms with E-state index in [0.717, 1.165) is 12.7 Å². The predicted molar refractivity (Wildman–Crippen MR) is 61.1 cm³/mol. The molecule has 0 aromatic rings. The molecule has 0 aromatic heterocycles. The molecule has 4 nitrogen and oxygen atoms in total. The molecule has 4 heteroatoms. The van der Waals surface area contributed by atoms with Gasteiger partial charge in [0.05, 0.1) is 0 Å². The Kier molecular flexibility index (Phi) is 3.94. The molecule has 0 unspecified atom stereocenters. The first-order valence-corrected chi connectivity index (χ1v) is 5.76. The monoisotopic (exact) mass is 227 g/mol. The van der Waals surface area contributed by atoms with E-state index in [1.165, 1.54) is 0 Å². The van der Waals surface area contributed by atoms with Crippen LogP contribution >= 0.6 is 0 Å². The summed E-state index contributed by atoms with van der Waals surface area (Å²) in [6.07, 6.45) is 1.46. The topological polar surface area (TPSA) is 46.6 Å². The maximum atomic E-state index is 11.8. The number of ether oxygens (including phenoxy) is 1. The fourth-order valence-electron chi connectivity index (χ4n) is 1.86. The Labute approximate surface area is 96.9 Å². The molecule has 1 saturated heterocycles. The van der Waals surface area contributed by atoms with Gasteiger partial charge in [0.25, 0.3) is 0 Å². The van der Waals surface area contributed by atoms with E-state index < -0.39 is 5.60 Å². The molecule has 1 aliphatic rings. The zero-order valence-electron chi connectivity index (χ0n) is 10.5. The molecule has 92 valence electrons. The van der Waals surface area contributed by atoms with Gasteiger partial charge in [0.2, 0.25) is 0 Å². The zero-order chi connectivity index (χ0) is 12.3. The van der Waals surface area contributed by atoms with Gasteiger partial charge in [-0.3, -0.25) is 0 Å². The molecule has 16 heavy (non-hydrogen) atoms. The lowest BCUT2D eigenvalue weighted by molar-refractivity contribution is -0.114. The number of carbonyl (C=O) groups is 2. The molecule has 1 aliphatic heterocycles. The van der Waals surface area contributed by atoms with E-state index in [9.17, 15) is 9.59 Å². The van der Waals surface area contributed by atoms with Crippen LogP contribution in [0.15, 0.2) is 0 Å². The smallest absolute Gasteiger partial charge is 0.410 e. The average Bonchev–Trinajstić information content (AvgIpc) is 2.15. The third kappa shape index (κ3) is 3.51. The Balaban J connectivity index is 2.51. The lowest BCUT2D eigenvalue weighted by Gasteiger charge is -2.35. The summed E-state index contributed by atoms with van der Waals surface area (Å²) in [5, 5.41) is 0. The van der Waals surface area contributed by atoms with Crippen LogP contribution in [0.25, 0.3) is 0 Å². The van der Waals surface area contributed by atoms with Crippen LogP contribution in [0, 0.1) is 11.8 Å². The van der Waals surface area contributed by atoms with Crippen LogP contribution in [0.4, 0.5) is 4.79 Å². The molecular weight excluding hydrogens is 206 g/mol. The van der Waals surface area contributed by atoms with Crippen molar-refractivity contribution in [3.8, 4) is 0 Å². The molecule has 0 aliphatic carbocycles. The lowest BCUT2D eigenvalue weighted by Crippen LogP contribution is -2.45. The van der Waals surface area contributed by atoms with Crippen LogP contribution < -0.4 is 0 Å². The molecule has 2 atom stereocenters. The summed E-state index contributed by atoms with van der Waals surface area (Å²) in [5.74, 6) is 0.303. The van der Waals surface area contributed by atoms with Crippen molar-refractivity contribution in [1.29, 1.82) is 0 Å². The maximum absolute atomic E-state index is 11.8. The summed E-state index contributed by atoms with van der Waals surface area (Å²) in [6.45, 7) is 8.78. The van der Waals surface area contributed by atoms with E-state index in [4.69, 9.17) is 4.74 Å². The Bertz CT molecular complexity index is 270. The molecule has 0 spiro atoms. The van der Waals surface area contributed by atoms with Gasteiger partial charge in [-0.2, -0.15) is 0 Å². The Morgan fingerprint density at radius 1 is 1.44 bits per heavy atom. The number of likely N-dealkylation sites (tertiary alicyclic amines) is 1. The van der Waals surface area contributed by atoms with Gasteiger partial charge in [-0.05, 0) is 33.1 Å². The van der Waals surface area contributed by atoms with Crippen LogP contribution in [0.3, 0.4) is 0 Å². The molecule has 0 bridgehead atoms. The molecule has 1 fully saturated rings. The van der Waals surface area contributed by atoms with E-state index in [0.29, 0.717) is 13.1 Å². The highest BCUT2D eigenvalue weighted by Crippen LogP contribution is 2.22.